The zero-order valence-corrected chi connectivity index (χ0v) is 37.8. The van der Waals surface area contributed by atoms with Crippen molar-refractivity contribution in [2.75, 3.05) is 0 Å². The summed E-state index contributed by atoms with van der Waals surface area (Å²) in [5, 5.41) is 2.27. The molecule has 0 fully saturated rings. The highest BCUT2D eigenvalue weighted by Crippen LogP contribution is 2.48. The first-order chi connectivity index (χ1) is 34.2. The van der Waals surface area contributed by atoms with Gasteiger partial charge in [-0.3, -0.25) is 4.57 Å². The van der Waals surface area contributed by atoms with E-state index >= 15 is 0 Å². The van der Waals surface area contributed by atoms with E-state index in [4.69, 9.17) is 15.0 Å². The maximum atomic E-state index is 5.49. The topological polar surface area (TPSA) is 43.6 Å². The van der Waals surface area contributed by atoms with Gasteiger partial charge in [0.1, 0.15) is 0 Å². The van der Waals surface area contributed by atoms with Crippen LogP contribution >= 0.6 is 0 Å². The smallest absolute Gasteiger partial charge is 0.238 e. The molecule has 0 saturated carbocycles. The van der Waals surface area contributed by atoms with E-state index in [2.05, 4.69) is 284 Å². The van der Waals surface area contributed by atoms with Crippen LogP contribution in [0.3, 0.4) is 0 Å². The average Bonchev–Trinajstić information content (AvgIpc) is 3.78. The third kappa shape index (κ3) is 7.04. The van der Waals surface area contributed by atoms with E-state index < -0.39 is 10.8 Å². The van der Waals surface area contributed by atoms with Gasteiger partial charge >= 0.3 is 0 Å². The van der Waals surface area contributed by atoms with Crippen LogP contribution in [0.4, 0.5) is 0 Å². The molecule has 0 amide bonds. The average molecular weight is 883 g/mol. The summed E-state index contributed by atoms with van der Waals surface area (Å²) >= 11 is 0. The normalized spacial score (nSPS) is 11.8. The summed E-state index contributed by atoms with van der Waals surface area (Å²) in [6, 6.07) is 99.6. The maximum Gasteiger partial charge on any atom is 0.238 e. The lowest BCUT2D eigenvalue weighted by molar-refractivity contribution is 0.745. The van der Waals surface area contributed by atoms with Crippen molar-refractivity contribution in [1.29, 1.82) is 0 Å². The molecule has 12 rings (SSSR count). The van der Waals surface area contributed by atoms with Gasteiger partial charge in [-0.15, -0.1) is 0 Å². The van der Waals surface area contributed by atoms with Gasteiger partial charge in [0.15, 0.2) is 11.6 Å². The quantitative estimate of drug-likeness (QED) is 0.122. The first-order valence-electron chi connectivity index (χ1n) is 23.5. The molecule has 0 N–H and O–H groups in total. The van der Waals surface area contributed by atoms with Crippen molar-refractivity contribution in [3.8, 4) is 28.7 Å². The van der Waals surface area contributed by atoms with Crippen LogP contribution in [0.2, 0.25) is 0 Å². The van der Waals surface area contributed by atoms with Crippen molar-refractivity contribution in [3.63, 3.8) is 0 Å². The summed E-state index contributed by atoms with van der Waals surface area (Å²) in [5.74, 6) is 1.70. The second kappa shape index (κ2) is 17.7. The zero-order chi connectivity index (χ0) is 46.0. The molecular weight excluding hydrogens is 837 g/mol. The maximum absolute atomic E-state index is 5.49. The summed E-state index contributed by atoms with van der Waals surface area (Å²) in [6.45, 7) is 0. The fourth-order valence-corrected chi connectivity index (χ4v) is 10.8. The molecule has 2 aromatic heterocycles. The third-order valence-electron chi connectivity index (χ3n) is 13.8. The first kappa shape index (κ1) is 41.4. The van der Waals surface area contributed by atoms with Crippen LogP contribution in [0.25, 0.3) is 50.5 Å². The van der Waals surface area contributed by atoms with E-state index in [-0.39, 0.29) is 0 Å². The van der Waals surface area contributed by atoms with Crippen molar-refractivity contribution < 1.29 is 0 Å². The number of nitrogens with zero attached hydrogens (tertiary/aromatic N) is 4. The molecule has 4 heteroatoms. The van der Waals surface area contributed by atoms with Crippen LogP contribution in [0, 0.1) is 0 Å². The summed E-state index contributed by atoms with van der Waals surface area (Å²) < 4.78 is 2.19. The Morgan fingerprint density at radius 2 is 0.522 bits per heavy atom. The minimum atomic E-state index is -0.657. The lowest BCUT2D eigenvalue weighted by Crippen LogP contribution is -2.31. The predicted octanol–water partition coefficient (Wildman–Crippen LogP) is 15.1. The van der Waals surface area contributed by atoms with Gasteiger partial charge in [-0.05, 0) is 68.8 Å². The van der Waals surface area contributed by atoms with E-state index in [1.165, 1.54) is 0 Å². The first-order valence-corrected chi connectivity index (χ1v) is 23.5. The molecule has 0 saturated heterocycles. The van der Waals surface area contributed by atoms with Gasteiger partial charge in [0.2, 0.25) is 5.95 Å². The van der Waals surface area contributed by atoms with Crippen LogP contribution in [-0.2, 0) is 10.8 Å². The highest BCUT2D eigenvalue weighted by Gasteiger charge is 2.40. The standard InChI is InChI=1S/C65H46N4/c1-7-27-49(28-8-1)64(50-29-9-2-10-30-50,51-31-11-3-12-32-51)55-39-23-25-47(45-55)61-66-62(68-63(67-61)69-59-43-21-19-41-57(59)58-42-20-22-44-60(58)69)48-26-24-40-56(46-48)65(52-33-13-4-14-34-52,53-35-15-5-16-36-53)54-37-17-6-18-38-54/h1-46H. The molecule has 0 atom stereocenters. The van der Waals surface area contributed by atoms with Gasteiger partial charge in [-0.25, -0.2) is 4.98 Å². The molecule has 0 unspecified atom stereocenters. The van der Waals surface area contributed by atoms with Crippen molar-refractivity contribution in [2.45, 2.75) is 10.8 Å². The molecule has 12 aromatic rings. The van der Waals surface area contributed by atoms with Crippen LogP contribution in [-0.4, -0.2) is 19.5 Å². The van der Waals surface area contributed by atoms with Gasteiger partial charge in [-0.2, -0.15) is 9.97 Å². The van der Waals surface area contributed by atoms with E-state index in [0.717, 1.165) is 77.4 Å². The molecule has 69 heavy (non-hydrogen) atoms. The monoisotopic (exact) mass is 882 g/mol. The molecule has 2 heterocycles. The van der Waals surface area contributed by atoms with Crippen molar-refractivity contribution in [3.05, 3.63) is 324 Å². The Labute approximate surface area is 402 Å². The number of para-hydroxylation sites is 2. The lowest BCUT2D eigenvalue weighted by Gasteiger charge is -2.37. The molecule has 10 aromatic carbocycles. The molecule has 0 spiro atoms. The summed E-state index contributed by atoms with van der Waals surface area (Å²) in [7, 11) is 0. The predicted molar refractivity (Wildman–Crippen MR) is 282 cm³/mol. The number of hydrogen-bond acceptors (Lipinski definition) is 3. The van der Waals surface area contributed by atoms with Crippen molar-refractivity contribution in [1.82, 2.24) is 19.5 Å². The Balaban J connectivity index is 1.13. The second-order valence-electron chi connectivity index (χ2n) is 17.5. The molecule has 0 aliphatic heterocycles. The van der Waals surface area contributed by atoms with E-state index in [0.29, 0.717) is 17.6 Å². The van der Waals surface area contributed by atoms with Crippen LogP contribution in [0.15, 0.2) is 279 Å². The largest absolute Gasteiger partial charge is 0.278 e. The third-order valence-corrected chi connectivity index (χ3v) is 13.8. The molecule has 326 valence electrons. The molecule has 0 aliphatic carbocycles. The Morgan fingerprint density at radius 1 is 0.246 bits per heavy atom. The van der Waals surface area contributed by atoms with E-state index in [1.807, 2.05) is 0 Å². The molecule has 0 radical (unpaired) electrons. The summed E-state index contributed by atoms with van der Waals surface area (Å²) in [5.41, 5.74) is 11.7. The number of aromatic nitrogens is 4. The fraction of sp³-hybridized carbons (Fsp3) is 0.0308. The van der Waals surface area contributed by atoms with Gasteiger partial charge in [0.25, 0.3) is 0 Å². The lowest BCUT2D eigenvalue weighted by atomic mass is 9.65. The Bertz CT molecular complexity index is 3270. The minimum absolute atomic E-state index is 0.545. The Hall–Kier alpha value is -8.99. The van der Waals surface area contributed by atoms with Gasteiger partial charge in [0.05, 0.1) is 21.9 Å². The number of fused-ring (bicyclic) bond motifs is 3. The summed E-state index contributed by atoms with van der Waals surface area (Å²) in [4.78, 5) is 16.4. The second-order valence-corrected chi connectivity index (χ2v) is 17.5. The number of benzene rings is 10. The van der Waals surface area contributed by atoms with Crippen molar-refractivity contribution >= 4 is 21.8 Å². The van der Waals surface area contributed by atoms with Crippen LogP contribution in [0.1, 0.15) is 44.5 Å². The van der Waals surface area contributed by atoms with E-state index in [1.54, 1.807) is 0 Å². The van der Waals surface area contributed by atoms with Crippen molar-refractivity contribution in [2.24, 2.45) is 0 Å². The SMILES string of the molecule is c1ccc(C(c2ccccc2)(c2ccccc2)c2cccc(-c3nc(-c4cccc(C(c5ccccc5)(c5ccccc5)c5ccccc5)c4)nc(-n4c5ccccc5c5ccccc54)n3)c2)cc1. The van der Waals surface area contributed by atoms with Gasteiger partial charge < -0.3 is 0 Å². The molecular formula is C65H46N4. The van der Waals surface area contributed by atoms with Gasteiger partial charge in [0, 0.05) is 21.9 Å². The highest BCUT2D eigenvalue weighted by atomic mass is 15.2. The number of hydrogen-bond donors (Lipinski definition) is 0. The van der Waals surface area contributed by atoms with E-state index in [9.17, 15) is 0 Å². The Morgan fingerprint density at radius 3 is 0.841 bits per heavy atom. The van der Waals surface area contributed by atoms with Crippen LogP contribution in [0.5, 0.6) is 0 Å². The molecule has 0 aliphatic rings. The zero-order valence-electron chi connectivity index (χ0n) is 37.8. The highest BCUT2D eigenvalue weighted by molar-refractivity contribution is 6.09. The molecule has 4 nitrogen and oxygen atoms in total. The Kier molecular flexibility index (Phi) is 10.6. The fourth-order valence-electron chi connectivity index (χ4n) is 10.8. The van der Waals surface area contributed by atoms with Gasteiger partial charge in [-0.1, -0.05) is 255 Å². The van der Waals surface area contributed by atoms with Crippen LogP contribution < -0.4 is 0 Å². The molecule has 0 bridgehead atoms. The minimum Gasteiger partial charge on any atom is -0.278 e. The number of rotatable bonds is 11. The summed E-state index contributed by atoms with van der Waals surface area (Å²) in [6.07, 6.45) is 0.